The zero-order valence-electron chi connectivity index (χ0n) is 15.6. The molecule has 0 spiro atoms. The molecule has 1 aromatic carbocycles. The molecule has 1 atom stereocenters. The van der Waals surface area contributed by atoms with Crippen LogP contribution in [0.1, 0.15) is 56.7 Å². The van der Waals surface area contributed by atoms with Gasteiger partial charge < -0.3 is 14.8 Å². The Labute approximate surface area is 151 Å². The molecular weight excluding hydrogens is 339 g/mol. The number of carbonyl (C=O) groups excluding carboxylic acids is 2. The number of benzene rings is 1. The van der Waals surface area contributed by atoms with Gasteiger partial charge in [-0.3, -0.25) is 0 Å². The molecule has 0 saturated heterocycles. The Balaban J connectivity index is 2.44. The lowest BCUT2D eigenvalue weighted by molar-refractivity contribution is 0.0488. The highest BCUT2D eigenvalue weighted by molar-refractivity contribution is 5.95. The number of halogens is 1. The van der Waals surface area contributed by atoms with Crippen molar-refractivity contribution in [3.63, 3.8) is 0 Å². The van der Waals surface area contributed by atoms with E-state index in [1.165, 1.54) is 18.2 Å². The molecule has 0 radical (unpaired) electrons. The van der Waals surface area contributed by atoms with E-state index < -0.39 is 29.5 Å². The van der Waals surface area contributed by atoms with Gasteiger partial charge in [0.05, 0.1) is 29.4 Å². The molecule has 0 fully saturated rings. The number of nitrogens with one attached hydrogen (secondary N) is 1. The van der Waals surface area contributed by atoms with E-state index in [2.05, 4.69) is 10.3 Å². The van der Waals surface area contributed by atoms with Crippen molar-refractivity contribution in [1.29, 1.82) is 0 Å². The highest BCUT2D eigenvalue weighted by Gasteiger charge is 2.24. The van der Waals surface area contributed by atoms with Crippen LogP contribution in [0.4, 0.5) is 9.18 Å². The summed E-state index contributed by atoms with van der Waals surface area (Å²) >= 11 is 0. The molecule has 1 heterocycles. The zero-order chi connectivity index (χ0) is 19.5. The molecule has 1 N–H and O–H groups in total. The average Bonchev–Trinajstić information content (AvgIpc) is 2.52. The van der Waals surface area contributed by atoms with Gasteiger partial charge in [-0.25, -0.2) is 19.0 Å². The molecule has 140 valence electrons. The van der Waals surface area contributed by atoms with Crippen molar-refractivity contribution >= 4 is 23.0 Å². The van der Waals surface area contributed by atoms with Crippen molar-refractivity contribution in [3.8, 4) is 0 Å². The lowest BCUT2D eigenvalue weighted by Gasteiger charge is -2.22. The number of amides is 1. The standard InChI is InChI=1S/C19H23FN2O4/c1-6-25-17(23)13-10-12-14(20)8-7-9-15(12)22-16(13)11(2)21-18(24)26-19(3,4)5/h7-11H,6H2,1-5H3,(H,21,24). The molecule has 2 rings (SSSR count). The fourth-order valence-electron chi connectivity index (χ4n) is 2.43. The van der Waals surface area contributed by atoms with Crippen LogP contribution in [-0.2, 0) is 9.47 Å². The first kappa shape index (κ1) is 19.6. The van der Waals surface area contributed by atoms with Crippen LogP contribution in [-0.4, -0.2) is 29.3 Å². The van der Waals surface area contributed by atoms with Gasteiger partial charge in [-0.2, -0.15) is 0 Å². The first-order valence-corrected chi connectivity index (χ1v) is 8.38. The number of pyridine rings is 1. The number of nitrogens with zero attached hydrogens (tertiary/aromatic N) is 1. The van der Waals surface area contributed by atoms with E-state index in [1.807, 2.05) is 0 Å². The monoisotopic (exact) mass is 362 g/mol. The van der Waals surface area contributed by atoms with Crippen molar-refractivity contribution in [2.45, 2.75) is 46.3 Å². The van der Waals surface area contributed by atoms with Crippen LogP contribution in [0.3, 0.4) is 0 Å². The first-order valence-electron chi connectivity index (χ1n) is 8.38. The number of aromatic nitrogens is 1. The van der Waals surface area contributed by atoms with Crippen molar-refractivity contribution in [2.75, 3.05) is 6.61 Å². The van der Waals surface area contributed by atoms with Crippen LogP contribution < -0.4 is 5.32 Å². The van der Waals surface area contributed by atoms with E-state index >= 15 is 0 Å². The minimum Gasteiger partial charge on any atom is -0.462 e. The molecule has 0 saturated carbocycles. The number of hydrogen-bond donors (Lipinski definition) is 1. The summed E-state index contributed by atoms with van der Waals surface area (Å²) in [7, 11) is 0. The first-order chi connectivity index (χ1) is 12.1. The molecule has 0 aliphatic carbocycles. The topological polar surface area (TPSA) is 77.5 Å². The second kappa shape index (κ2) is 7.68. The van der Waals surface area contributed by atoms with E-state index in [-0.39, 0.29) is 23.3 Å². The number of rotatable bonds is 4. The fourth-order valence-corrected chi connectivity index (χ4v) is 2.43. The zero-order valence-corrected chi connectivity index (χ0v) is 15.6. The maximum atomic E-state index is 14.1. The lowest BCUT2D eigenvalue weighted by atomic mass is 10.0. The Hall–Kier alpha value is -2.70. The van der Waals surface area contributed by atoms with Gasteiger partial charge in [-0.05, 0) is 52.8 Å². The van der Waals surface area contributed by atoms with Crippen molar-refractivity contribution in [1.82, 2.24) is 10.3 Å². The maximum absolute atomic E-state index is 14.1. The SMILES string of the molecule is CCOC(=O)c1cc2c(F)cccc2nc1C(C)NC(=O)OC(C)(C)C. The minimum absolute atomic E-state index is 0.105. The second-order valence-corrected chi connectivity index (χ2v) is 6.82. The van der Waals surface area contributed by atoms with Gasteiger partial charge in [0.2, 0.25) is 0 Å². The number of alkyl carbamates (subject to hydrolysis) is 1. The minimum atomic E-state index is -0.659. The summed E-state index contributed by atoms with van der Waals surface area (Å²) in [6.45, 7) is 8.76. The van der Waals surface area contributed by atoms with Gasteiger partial charge in [0.25, 0.3) is 0 Å². The van der Waals surface area contributed by atoms with Crippen LogP contribution in [0.15, 0.2) is 24.3 Å². The third kappa shape index (κ3) is 4.68. The molecule has 1 aromatic heterocycles. The number of ether oxygens (including phenoxy) is 2. The molecule has 0 bridgehead atoms. The van der Waals surface area contributed by atoms with Crippen LogP contribution in [0.5, 0.6) is 0 Å². The molecule has 6 nitrogen and oxygen atoms in total. The Morgan fingerprint density at radius 3 is 2.62 bits per heavy atom. The van der Waals surface area contributed by atoms with Gasteiger partial charge in [0.1, 0.15) is 11.4 Å². The predicted octanol–water partition coefficient (Wildman–Crippen LogP) is 4.14. The van der Waals surface area contributed by atoms with Crippen LogP contribution in [0.25, 0.3) is 10.9 Å². The Kier molecular flexibility index (Phi) is 5.79. The highest BCUT2D eigenvalue weighted by atomic mass is 19.1. The van der Waals surface area contributed by atoms with Crippen LogP contribution in [0, 0.1) is 5.82 Å². The Morgan fingerprint density at radius 1 is 1.31 bits per heavy atom. The quantitative estimate of drug-likeness (QED) is 0.827. The summed E-state index contributed by atoms with van der Waals surface area (Å²) in [6, 6.07) is 5.22. The van der Waals surface area contributed by atoms with Crippen molar-refractivity contribution in [3.05, 3.63) is 41.3 Å². The number of hydrogen-bond acceptors (Lipinski definition) is 5. The second-order valence-electron chi connectivity index (χ2n) is 6.82. The van der Waals surface area contributed by atoms with E-state index in [9.17, 15) is 14.0 Å². The summed E-state index contributed by atoms with van der Waals surface area (Å²) in [5.74, 6) is -1.11. The highest BCUT2D eigenvalue weighted by Crippen LogP contribution is 2.24. The molecule has 2 aromatic rings. The Morgan fingerprint density at radius 2 is 2.00 bits per heavy atom. The average molecular weight is 362 g/mol. The third-order valence-electron chi connectivity index (χ3n) is 3.47. The summed E-state index contributed by atoms with van der Waals surface area (Å²) in [4.78, 5) is 28.7. The maximum Gasteiger partial charge on any atom is 0.408 e. The predicted molar refractivity (Wildman–Crippen MR) is 95.4 cm³/mol. The smallest absolute Gasteiger partial charge is 0.408 e. The van der Waals surface area contributed by atoms with E-state index in [4.69, 9.17) is 9.47 Å². The number of fused-ring (bicyclic) bond motifs is 1. The number of carbonyl (C=O) groups is 2. The number of esters is 1. The third-order valence-corrected chi connectivity index (χ3v) is 3.47. The van der Waals surface area contributed by atoms with Gasteiger partial charge in [-0.1, -0.05) is 6.07 Å². The van der Waals surface area contributed by atoms with E-state index in [1.54, 1.807) is 40.7 Å². The van der Waals surface area contributed by atoms with Crippen LogP contribution in [0.2, 0.25) is 0 Å². The Bertz CT molecular complexity index is 830. The summed E-state index contributed by atoms with van der Waals surface area (Å²) in [5.41, 5.74) is 0.111. The van der Waals surface area contributed by atoms with Gasteiger partial charge in [0.15, 0.2) is 0 Å². The summed E-state index contributed by atoms with van der Waals surface area (Å²) in [5, 5.41) is 2.86. The normalized spacial score (nSPS) is 12.5. The van der Waals surface area contributed by atoms with E-state index in [0.717, 1.165) is 0 Å². The van der Waals surface area contributed by atoms with Crippen molar-refractivity contribution < 1.29 is 23.5 Å². The van der Waals surface area contributed by atoms with Gasteiger partial charge in [-0.15, -0.1) is 0 Å². The fraction of sp³-hybridized carbons (Fsp3) is 0.421. The molecular formula is C19H23FN2O4. The molecule has 1 amide bonds. The molecule has 26 heavy (non-hydrogen) atoms. The van der Waals surface area contributed by atoms with Crippen LogP contribution >= 0.6 is 0 Å². The van der Waals surface area contributed by atoms with Gasteiger partial charge >= 0.3 is 12.1 Å². The molecule has 0 aliphatic heterocycles. The summed E-state index contributed by atoms with van der Waals surface area (Å²) < 4.78 is 24.3. The molecule has 0 aliphatic rings. The summed E-state index contributed by atoms with van der Waals surface area (Å²) in [6.07, 6.45) is -0.638. The largest absolute Gasteiger partial charge is 0.462 e. The molecule has 7 heteroatoms. The van der Waals surface area contributed by atoms with Gasteiger partial charge in [0, 0.05) is 5.39 Å². The molecule has 1 unspecified atom stereocenters. The van der Waals surface area contributed by atoms with E-state index in [0.29, 0.717) is 5.52 Å². The van der Waals surface area contributed by atoms with Crippen molar-refractivity contribution in [2.24, 2.45) is 0 Å². The lowest BCUT2D eigenvalue weighted by Crippen LogP contribution is -2.35.